The number of rotatable bonds is 6. The first-order chi connectivity index (χ1) is 13.0. The molecule has 2 atom stereocenters. The number of anilines is 1. The lowest BCUT2D eigenvalue weighted by Gasteiger charge is -2.20. The molecule has 3 aromatic carbocycles. The SMILES string of the molecule is C[C@@H]([NH2+][C@H](C(=O)Nc1ccc(F)cc1)c1ccccc1)c1cccc(Cl)c1. The average molecular weight is 384 g/mol. The van der Waals surface area contributed by atoms with Gasteiger partial charge in [0.2, 0.25) is 0 Å². The van der Waals surface area contributed by atoms with Crippen molar-refractivity contribution in [2.75, 3.05) is 5.32 Å². The molecule has 5 heteroatoms. The van der Waals surface area contributed by atoms with E-state index in [0.717, 1.165) is 11.1 Å². The minimum absolute atomic E-state index is 0.0212. The second-order valence-corrected chi connectivity index (χ2v) is 6.86. The van der Waals surface area contributed by atoms with Crippen LogP contribution in [0, 0.1) is 5.82 Å². The third-order valence-corrected chi connectivity index (χ3v) is 4.64. The van der Waals surface area contributed by atoms with E-state index in [4.69, 9.17) is 11.6 Å². The molecule has 0 saturated heterocycles. The third kappa shape index (κ3) is 5.16. The molecule has 138 valence electrons. The molecular formula is C22H21ClFN2O+. The van der Waals surface area contributed by atoms with Crippen molar-refractivity contribution in [3.05, 3.63) is 101 Å². The van der Waals surface area contributed by atoms with Crippen molar-refractivity contribution in [3.8, 4) is 0 Å². The Morgan fingerprint density at radius 3 is 2.30 bits per heavy atom. The smallest absolute Gasteiger partial charge is 0.287 e. The zero-order valence-electron chi connectivity index (χ0n) is 14.9. The van der Waals surface area contributed by atoms with Gasteiger partial charge in [0.25, 0.3) is 5.91 Å². The van der Waals surface area contributed by atoms with Gasteiger partial charge in [0, 0.05) is 21.8 Å². The fourth-order valence-electron chi connectivity index (χ4n) is 2.95. The lowest BCUT2D eigenvalue weighted by atomic mass is 10.0. The summed E-state index contributed by atoms with van der Waals surface area (Å²) in [5, 5.41) is 5.54. The van der Waals surface area contributed by atoms with E-state index < -0.39 is 6.04 Å². The summed E-state index contributed by atoms with van der Waals surface area (Å²) in [5.74, 6) is -0.504. The van der Waals surface area contributed by atoms with Gasteiger partial charge in [-0.1, -0.05) is 54.1 Å². The van der Waals surface area contributed by atoms with Crippen LogP contribution >= 0.6 is 11.6 Å². The van der Waals surface area contributed by atoms with Crippen LogP contribution in [0.4, 0.5) is 10.1 Å². The lowest BCUT2D eigenvalue weighted by molar-refractivity contribution is -0.718. The van der Waals surface area contributed by atoms with Crippen LogP contribution in [0.15, 0.2) is 78.9 Å². The lowest BCUT2D eigenvalue weighted by Crippen LogP contribution is -2.87. The average Bonchev–Trinajstić information content (AvgIpc) is 2.68. The molecule has 0 aliphatic carbocycles. The van der Waals surface area contributed by atoms with E-state index in [-0.39, 0.29) is 17.8 Å². The highest BCUT2D eigenvalue weighted by atomic mass is 35.5. The van der Waals surface area contributed by atoms with Gasteiger partial charge in [-0.3, -0.25) is 4.79 Å². The van der Waals surface area contributed by atoms with E-state index in [1.165, 1.54) is 12.1 Å². The highest BCUT2D eigenvalue weighted by Crippen LogP contribution is 2.18. The molecule has 0 aromatic heterocycles. The second kappa shape index (κ2) is 8.80. The molecule has 0 unspecified atom stereocenters. The largest absolute Gasteiger partial charge is 0.326 e. The number of nitrogens with one attached hydrogen (secondary N) is 1. The molecule has 1 amide bonds. The number of amides is 1. The monoisotopic (exact) mass is 383 g/mol. The van der Waals surface area contributed by atoms with Crippen LogP contribution in [-0.4, -0.2) is 5.91 Å². The number of quaternary nitrogens is 1. The molecule has 0 spiro atoms. The van der Waals surface area contributed by atoms with Gasteiger partial charge in [0.15, 0.2) is 6.04 Å². The predicted octanol–water partition coefficient (Wildman–Crippen LogP) is 4.48. The molecule has 0 aliphatic rings. The molecule has 0 saturated carbocycles. The van der Waals surface area contributed by atoms with Crippen LogP contribution in [0.5, 0.6) is 0 Å². The van der Waals surface area contributed by atoms with Gasteiger partial charge in [0.1, 0.15) is 11.9 Å². The maximum atomic E-state index is 13.1. The first-order valence-corrected chi connectivity index (χ1v) is 9.12. The number of halogens is 2. The van der Waals surface area contributed by atoms with E-state index in [1.54, 1.807) is 12.1 Å². The Morgan fingerprint density at radius 1 is 0.963 bits per heavy atom. The first-order valence-electron chi connectivity index (χ1n) is 8.75. The number of hydrogen-bond acceptors (Lipinski definition) is 1. The maximum absolute atomic E-state index is 13.1. The van der Waals surface area contributed by atoms with Crippen molar-refractivity contribution < 1.29 is 14.5 Å². The summed E-state index contributed by atoms with van der Waals surface area (Å²) in [6.45, 7) is 2.03. The number of carbonyl (C=O) groups excluding carboxylic acids is 1. The van der Waals surface area contributed by atoms with Crippen LogP contribution in [-0.2, 0) is 4.79 Å². The fourth-order valence-corrected chi connectivity index (χ4v) is 3.15. The standard InChI is InChI=1S/C22H20ClFN2O/c1-15(17-8-5-9-18(23)14-17)25-21(16-6-3-2-4-7-16)22(27)26-20-12-10-19(24)11-13-20/h2-15,21,25H,1H3,(H,26,27)/p+1/t15-,21+/m1/s1. The summed E-state index contributed by atoms with van der Waals surface area (Å²) in [6.07, 6.45) is 0. The summed E-state index contributed by atoms with van der Waals surface area (Å²) in [5.41, 5.74) is 2.50. The van der Waals surface area contributed by atoms with Gasteiger partial charge >= 0.3 is 0 Å². The normalized spacial score (nSPS) is 13.0. The van der Waals surface area contributed by atoms with Crippen molar-refractivity contribution in [3.63, 3.8) is 0 Å². The molecule has 0 bridgehead atoms. The van der Waals surface area contributed by atoms with E-state index in [2.05, 4.69) is 5.32 Å². The molecule has 3 rings (SSSR count). The summed E-state index contributed by atoms with van der Waals surface area (Å²) in [4.78, 5) is 13.0. The van der Waals surface area contributed by atoms with Crippen molar-refractivity contribution in [1.82, 2.24) is 0 Å². The van der Waals surface area contributed by atoms with E-state index in [0.29, 0.717) is 10.7 Å². The second-order valence-electron chi connectivity index (χ2n) is 6.42. The number of nitrogens with two attached hydrogens (primary N) is 1. The zero-order valence-corrected chi connectivity index (χ0v) is 15.7. The van der Waals surface area contributed by atoms with E-state index in [9.17, 15) is 9.18 Å². The molecule has 0 aliphatic heterocycles. The van der Waals surface area contributed by atoms with Crippen molar-refractivity contribution >= 4 is 23.2 Å². The van der Waals surface area contributed by atoms with Gasteiger partial charge < -0.3 is 10.6 Å². The molecule has 0 fully saturated rings. The summed E-state index contributed by atoms with van der Waals surface area (Å²) in [7, 11) is 0. The molecule has 27 heavy (non-hydrogen) atoms. The van der Waals surface area contributed by atoms with Gasteiger partial charge in [-0.05, 0) is 43.3 Å². The molecule has 3 aromatic rings. The van der Waals surface area contributed by atoms with Crippen LogP contribution in [0.1, 0.15) is 30.1 Å². The zero-order chi connectivity index (χ0) is 19.2. The van der Waals surface area contributed by atoms with Crippen molar-refractivity contribution in [2.45, 2.75) is 19.0 Å². The quantitative estimate of drug-likeness (QED) is 0.647. The van der Waals surface area contributed by atoms with Crippen LogP contribution in [0.25, 0.3) is 0 Å². The minimum atomic E-state index is -0.453. The Bertz CT molecular complexity index is 900. The van der Waals surface area contributed by atoms with Crippen LogP contribution in [0.3, 0.4) is 0 Å². The Labute approximate surface area is 163 Å². The van der Waals surface area contributed by atoms with Crippen molar-refractivity contribution in [1.29, 1.82) is 0 Å². The van der Waals surface area contributed by atoms with E-state index >= 15 is 0 Å². The first kappa shape index (κ1) is 19.1. The summed E-state index contributed by atoms with van der Waals surface area (Å²) in [6, 6.07) is 22.5. The van der Waals surface area contributed by atoms with E-state index in [1.807, 2.05) is 66.8 Å². The Kier molecular flexibility index (Phi) is 6.22. The van der Waals surface area contributed by atoms with Gasteiger partial charge in [-0.15, -0.1) is 0 Å². The highest BCUT2D eigenvalue weighted by Gasteiger charge is 2.27. The maximum Gasteiger partial charge on any atom is 0.287 e. The third-order valence-electron chi connectivity index (χ3n) is 4.41. The summed E-state index contributed by atoms with van der Waals surface area (Å²) < 4.78 is 13.1. The molecular weight excluding hydrogens is 363 g/mol. The Morgan fingerprint density at radius 2 is 1.63 bits per heavy atom. The number of carbonyl (C=O) groups is 1. The van der Waals surface area contributed by atoms with Crippen molar-refractivity contribution in [2.24, 2.45) is 0 Å². The molecule has 0 heterocycles. The van der Waals surface area contributed by atoms with Crippen LogP contribution < -0.4 is 10.6 Å². The Balaban J connectivity index is 1.82. The molecule has 0 radical (unpaired) electrons. The van der Waals surface area contributed by atoms with Gasteiger partial charge in [-0.25, -0.2) is 4.39 Å². The fraction of sp³-hybridized carbons (Fsp3) is 0.136. The number of hydrogen-bond donors (Lipinski definition) is 2. The Hall–Kier alpha value is -2.69. The van der Waals surface area contributed by atoms with Gasteiger partial charge in [0.05, 0.1) is 0 Å². The number of benzene rings is 3. The minimum Gasteiger partial charge on any atom is -0.326 e. The topological polar surface area (TPSA) is 45.7 Å². The highest BCUT2D eigenvalue weighted by molar-refractivity contribution is 6.30. The van der Waals surface area contributed by atoms with Crippen LogP contribution in [0.2, 0.25) is 5.02 Å². The molecule has 3 nitrogen and oxygen atoms in total. The van der Waals surface area contributed by atoms with Gasteiger partial charge in [-0.2, -0.15) is 0 Å². The summed E-state index contributed by atoms with van der Waals surface area (Å²) >= 11 is 6.10. The molecule has 3 N–H and O–H groups in total. The predicted molar refractivity (Wildman–Crippen MR) is 106 cm³/mol.